The summed E-state index contributed by atoms with van der Waals surface area (Å²) in [6.45, 7) is 1.75. The minimum atomic E-state index is -4.01. The van der Waals surface area contributed by atoms with Crippen LogP contribution in [0.5, 0.6) is 0 Å². The Bertz CT molecular complexity index is 1130. The molecule has 1 atom stereocenters. The van der Waals surface area contributed by atoms with Crippen molar-refractivity contribution in [3.05, 3.63) is 49.8 Å². The maximum Gasteiger partial charge on any atom is 0.287 e. The summed E-state index contributed by atoms with van der Waals surface area (Å²) in [6.07, 6.45) is 0.413. The van der Waals surface area contributed by atoms with Gasteiger partial charge in [-0.3, -0.25) is 14.1 Å². The zero-order valence-corrected chi connectivity index (χ0v) is 19.4. The van der Waals surface area contributed by atoms with Crippen molar-refractivity contribution in [3.8, 4) is 0 Å². The van der Waals surface area contributed by atoms with E-state index in [9.17, 15) is 27.1 Å². The number of nitrogens with one attached hydrogen (secondary N) is 2. The lowest BCUT2D eigenvalue weighted by molar-refractivity contribution is 0.156. The third-order valence-corrected chi connectivity index (χ3v) is 8.13. The van der Waals surface area contributed by atoms with E-state index in [0.717, 1.165) is 10.6 Å². The molecule has 30 heavy (non-hydrogen) atoms. The summed E-state index contributed by atoms with van der Waals surface area (Å²) in [5.74, 6) is -1.86. The highest BCUT2D eigenvalue weighted by molar-refractivity contribution is 14.1. The molecule has 0 unspecified atom stereocenters. The van der Waals surface area contributed by atoms with E-state index < -0.39 is 38.1 Å². The van der Waals surface area contributed by atoms with Crippen molar-refractivity contribution < 1.29 is 22.3 Å². The Morgan fingerprint density at radius 1 is 1.23 bits per heavy atom. The number of pyridine rings is 1. The van der Waals surface area contributed by atoms with Crippen LogP contribution in [-0.2, 0) is 17.1 Å². The third-order valence-electron chi connectivity index (χ3n) is 5.26. The van der Waals surface area contributed by atoms with Gasteiger partial charge in [-0.15, -0.1) is 0 Å². The number of hydrogen-bond acceptors (Lipinski definition) is 5. The molecule has 1 aromatic carbocycles. The lowest BCUT2D eigenvalue weighted by Gasteiger charge is -2.22. The molecular formula is C19H22F2IN3O4S. The molecule has 7 nitrogen and oxygen atoms in total. The normalized spacial score (nSPS) is 16.2. The van der Waals surface area contributed by atoms with Gasteiger partial charge in [0, 0.05) is 16.7 Å². The molecule has 1 aliphatic carbocycles. The highest BCUT2D eigenvalue weighted by Crippen LogP contribution is 2.48. The van der Waals surface area contributed by atoms with E-state index in [4.69, 9.17) is 0 Å². The molecule has 3 N–H and O–H groups in total. The minimum absolute atomic E-state index is 0.0000116. The van der Waals surface area contributed by atoms with Gasteiger partial charge in [-0.05, 0) is 66.5 Å². The van der Waals surface area contributed by atoms with E-state index in [1.54, 1.807) is 13.0 Å². The molecule has 1 aliphatic rings. The standard InChI is InChI=1S/C19H22F2IN3O4S/c1-3-12(26)10-19(6-7-19)30(28,29)24-16-9-14(21)18(27)25(2)17(16)23-15-5-4-11(22)8-13(15)20/h4-5,8-9,12,23-24,26H,3,6-7,10H2,1-2H3/t12-/m1/s1. The Kier molecular flexibility index (Phi) is 6.44. The van der Waals surface area contributed by atoms with Crippen LogP contribution in [0.25, 0.3) is 0 Å². The lowest BCUT2D eigenvalue weighted by Crippen LogP contribution is -2.34. The van der Waals surface area contributed by atoms with Crippen LogP contribution in [0.1, 0.15) is 32.6 Å². The fraction of sp³-hybridized carbons (Fsp3) is 0.421. The molecule has 0 amide bonds. The smallest absolute Gasteiger partial charge is 0.287 e. The van der Waals surface area contributed by atoms with E-state index in [0.29, 0.717) is 22.8 Å². The number of sulfonamides is 1. The monoisotopic (exact) mass is 553 g/mol. The van der Waals surface area contributed by atoms with Gasteiger partial charge in [-0.1, -0.05) is 6.92 Å². The van der Waals surface area contributed by atoms with E-state index in [1.807, 2.05) is 22.6 Å². The fourth-order valence-corrected chi connectivity index (χ4v) is 5.36. The summed E-state index contributed by atoms with van der Waals surface area (Å²) in [7, 11) is -2.76. The second-order valence-electron chi connectivity index (χ2n) is 7.42. The molecule has 1 aromatic heterocycles. The zero-order chi connectivity index (χ0) is 22.3. The predicted octanol–water partition coefficient (Wildman–Crippen LogP) is 3.45. The number of aliphatic hydroxyl groups is 1. The molecule has 164 valence electrons. The molecule has 0 spiro atoms. The van der Waals surface area contributed by atoms with Crippen LogP contribution in [0.4, 0.5) is 26.0 Å². The summed E-state index contributed by atoms with van der Waals surface area (Å²) in [5.41, 5.74) is -1.21. The molecule has 0 radical (unpaired) electrons. The number of anilines is 3. The summed E-state index contributed by atoms with van der Waals surface area (Å²) in [5, 5.41) is 12.6. The molecule has 3 rings (SSSR count). The topological polar surface area (TPSA) is 100 Å². The van der Waals surface area contributed by atoms with E-state index >= 15 is 0 Å². The van der Waals surface area contributed by atoms with Crippen molar-refractivity contribution in [1.82, 2.24) is 4.57 Å². The number of halogens is 3. The SMILES string of the molecule is CC[C@@H](O)CC1(S(=O)(=O)Nc2cc(F)c(=O)n(C)c2Nc2ccc(I)cc2F)CC1. The van der Waals surface area contributed by atoms with Crippen molar-refractivity contribution in [2.75, 3.05) is 10.0 Å². The largest absolute Gasteiger partial charge is 0.393 e. The Morgan fingerprint density at radius 3 is 2.47 bits per heavy atom. The second-order valence-corrected chi connectivity index (χ2v) is 10.7. The number of hydrogen-bond donors (Lipinski definition) is 3. The van der Waals surface area contributed by atoms with Crippen LogP contribution >= 0.6 is 22.6 Å². The van der Waals surface area contributed by atoms with E-state index in [2.05, 4.69) is 10.0 Å². The highest BCUT2D eigenvalue weighted by Gasteiger charge is 2.55. The van der Waals surface area contributed by atoms with Crippen LogP contribution in [0, 0.1) is 15.2 Å². The summed E-state index contributed by atoms with van der Waals surface area (Å²) in [6, 6.07) is 5.10. The minimum Gasteiger partial charge on any atom is -0.393 e. The maximum absolute atomic E-state index is 14.3. The number of benzene rings is 1. The Hall–Kier alpha value is -1.73. The first-order chi connectivity index (χ1) is 14.0. The summed E-state index contributed by atoms with van der Waals surface area (Å²) >= 11 is 1.94. The first-order valence-electron chi connectivity index (χ1n) is 9.31. The Balaban J connectivity index is 2.01. The second kappa shape index (κ2) is 8.42. The van der Waals surface area contributed by atoms with E-state index in [-0.39, 0.29) is 23.6 Å². The van der Waals surface area contributed by atoms with Crippen molar-refractivity contribution in [2.45, 2.75) is 43.5 Å². The number of aromatic nitrogens is 1. The quantitative estimate of drug-likeness (QED) is 0.435. The fourth-order valence-electron chi connectivity index (χ4n) is 3.20. The molecule has 11 heteroatoms. The van der Waals surface area contributed by atoms with Gasteiger partial charge in [-0.2, -0.15) is 0 Å². The van der Waals surface area contributed by atoms with Gasteiger partial charge in [0.05, 0.1) is 22.2 Å². The number of aliphatic hydroxyl groups excluding tert-OH is 1. The van der Waals surface area contributed by atoms with Crippen LogP contribution in [0.15, 0.2) is 29.1 Å². The van der Waals surface area contributed by atoms with Crippen LogP contribution in [0.2, 0.25) is 0 Å². The molecule has 1 saturated carbocycles. The average Bonchev–Trinajstić information content (AvgIpc) is 3.45. The molecule has 1 heterocycles. The third kappa shape index (κ3) is 4.47. The highest BCUT2D eigenvalue weighted by atomic mass is 127. The zero-order valence-electron chi connectivity index (χ0n) is 16.4. The van der Waals surface area contributed by atoms with Gasteiger partial charge < -0.3 is 10.4 Å². The summed E-state index contributed by atoms with van der Waals surface area (Å²) in [4.78, 5) is 12.1. The van der Waals surface area contributed by atoms with E-state index in [1.165, 1.54) is 19.2 Å². The van der Waals surface area contributed by atoms with Gasteiger partial charge in [0.25, 0.3) is 5.56 Å². The average molecular weight is 553 g/mol. The summed E-state index contributed by atoms with van der Waals surface area (Å²) < 4.78 is 57.2. The van der Waals surface area contributed by atoms with Crippen molar-refractivity contribution in [1.29, 1.82) is 0 Å². The van der Waals surface area contributed by atoms with Gasteiger partial charge in [-0.25, -0.2) is 17.2 Å². The van der Waals surface area contributed by atoms with Gasteiger partial charge in [0.15, 0.2) is 5.82 Å². The van der Waals surface area contributed by atoms with Gasteiger partial charge in [0.1, 0.15) is 11.6 Å². The Labute approximate surface area is 186 Å². The van der Waals surface area contributed by atoms with Gasteiger partial charge >= 0.3 is 0 Å². The molecule has 0 aliphatic heterocycles. The van der Waals surface area contributed by atoms with Crippen molar-refractivity contribution in [3.63, 3.8) is 0 Å². The molecule has 1 fully saturated rings. The lowest BCUT2D eigenvalue weighted by atomic mass is 10.1. The maximum atomic E-state index is 14.3. The van der Waals surface area contributed by atoms with Crippen LogP contribution < -0.4 is 15.6 Å². The number of nitrogens with zero attached hydrogens (tertiary/aromatic N) is 1. The molecule has 2 aromatic rings. The predicted molar refractivity (Wildman–Crippen MR) is 119 cm³/mol. The van der Waals surface area contributed by atoms with Crippen LogP contribution in [0.3, 0.4) is 0 Å². The van der Waals surface area contributed by atoms with Gasteiger partial charge in [0.2, 0.25) is 10.0 Å². The number of rotatable bonds is 8. The molecule has 0 bridgehead atoms. The first kappa shape index (κ1) is 22.9. The molecular weight excluding hydrogens is 531 g/mol. The molecule has 0 saturated heterocycles. The van der Waals surface area contributed by atoms with Crippen molar-refractivity contribution >= 4 is 49.8 Å². The van der Waals surface area contributed by atoms with Crippen LogP contribution in [-0.4, -0.2) is 28.9 Å². The first-order valence-corrected chi connectivity index (χ1v) is 11.9. The Morgan fingerprint density at radius 2 is 1.90 bits per heavy atom. The van der Waals surface area contributed by atoms with Crippen molar-refractivity contribution in [2.24, 2.45) is 7.05 Å².